The molecule has 30 heavy (non-hydrogen) atoms. The Labute approximate surface area is 196 Å². The summed E-state index contributed by atoms with van der Waals surface area (Å²) in [5.74, 6) is 1.87. The predicted octanol–water partition coefficient (Wildman–Crippen LogP) is 7.50. The molecule has 0 amide bonds. The molecule has 3 rings (SSSR count). The Morgan fingerprint density at radius 1 is 0.567 bits per heavy atom. The largest absolute Gasteiger partial charge is 0.493 e. The van der Waals surface area contributed by atoms with Crippen LogP contribution in [0.1, 0.15) is 35.1 Å². The fourth-order valence-corrected chi connectivity index (χ4v) is 4.20. The molecule has 4 heteroatoms. The van der Waals surface area contributed by atoms with Crippen molar-refractivity contribution < 1.29 is 9.47 Å². The van der Waals surface area contributed by atoms with Gasteiger partial charge in [0, 0.05) is 21.8 Å². The summed E-state index contributed by atoms with van der Waals surface area (Å²) in [6.45, 7) is 1.40. The molecule has 0 heterocycles. The maximum absolute atomic E-state index is 6.12. The number of halogens is 2. The van der Waals surface area contributed by atoms with Gasteiger partial charge >= 0.3 is 0 Å². The Hall–Kier alpha value is -1.78. The number of alkyl halides is 2. The predicted molar refractivity (Wildman–Crippen MR) is 132 cm³/mol. The van der Waals surface area contributed by atoms with Crippen molar-refractivity contribution >= 4 is 31.9 Å². The Bertz CT molecular complexity index is 807. The molecule has 0 aromatic heterocycles. The van der Waals surface area contributed by atoms with Crippen LogP contribution in [0.4, 0.5) is 0 Å². The molecular weight excluding hydrogens is 504 g/mol. The molecule has 0 aliphatic carbocycles. The van der Waals surface area contributed by atoms with E-state index in [0.29, 0.717) is 13.2 Å². The topological polar surface area (TPSA) is 18.5 Å². The van der Waals surface area contributed by atoms with Crippen molar-refractivity contribution in [1.82, 2.24) is 0 Å². The Morgan fingerprint density at radius 3 is 1.33 bits per heavy atom. The highest BCUT2D eigenvalue weighted by atomic mass is 79.9. The van der Waals surface area contributed by atoms with Crippen molar-refractivity contribution in [1.29, 1.82) is 0 Å². The summed E-state index contributed by atoms with van der Waals surface area (Å²) in [5, 5.41) is 1.48. The minimum Gasteiger partial charge on any atom is -0.493 e. The van der Waals surface area contributed by atoms with Crippen LogP contribution in [0.25, 0.3) is 0 Å². The van der Waals surface area contributed by atoms with Crippen LogP contribution >= 0.6 is 31.9 Å². The zero-order valence-corrected chi connectivity index (χ0v) is 20.3. The third-order valence-electron chi connectivity index (χ3n) is 4.95. The molecule has 2 nitrogen and oxygen atoms in total. The summed E-state index contributed by atoms with van der Waals surface area (Å²) < 4.78 is 12.2. The molecule has 0 unspecified atom stereocenters. The minimum absolute atomic E-state index is 0.702. The molecule has 0 atom stereocenters. The zero-order valence-electron chi connectivity index (χ0n) is 17.2. The second-order valence-corrected chi connectivity index (χ2v) is 8.33. The molecular formula is C26H28Br2O2. The molecule has 0 aliphatic rings. The van der Waals surface area contributed by atoms with E-state index in [1.54, 1.807) is 0 Å². The van der Waals surface area contributed by atoms with Crippen LogP contribution in [-0.4, -0.2) is 13.2 Å². The Kier molecular flexibility index (Phi) is 9.78. The van der Waals surface area contributed by atoms with Gasteiger partial charge in [-0.25, -0.2) is 0 Å². The number of rotatable bonds is 12. The molecule has 158 valence electrons. The summed E-state index contributed by atoms with van der Waals surface area (Å²) >= 11 is 7.20. The van der Waals surface area contributed by atoms with E-state index in [4.69, 9.17) is 9.47 Å². The summed E-state index contributed by atoms with van der Waals surface area (Å²) in [4.78, 5) is 0. The van der Waals surface area contributed by atoms with Crippen LogP contribution in [0.15, 0.2) is 72.8 Å². The third kappa shape index (κ3) is 7.17. The molecule has 0 saturated carbocycles. The van der Waals surface area contributed by atoms with Gasteiger partial charge in [-0.05, 0) is 48.9 Å². The second-order valence-electron chi connectivity index (χ2n) is 7.21. The monoisotopic (exact) mass is 530 g/mol. The molecule has 0 aliphatic heterocycles. The lowest BCUT2D eigenvalue weighted by Gasteiger charge is -2.16. The van der Waals surface area contributed by atoms with Crippen LogP contribution in [0.3, 0.4) is 0 Å². The molecule has 3 aromatic carbocycles. The van der Waals surface area contributed by atoms with Crippen molar-refractivity contribution in [3.63, 3.8) is 0 Å². The summed E-state index contributed by atoms with van der Waals surface area (Å²) in [5.41, 5.74) is 4.94. The van der Waals surface area contributed by atoms with Gasteiger partial charge in [0.25, 0.3) is 0 Å². The molecule has 0 N–H and O–H groups in total. The van der Waals surface area contributed by atoms with E-state index in [2.05, 4.69) is 105 Å². The van der Waals surface area contributed by atoms with Gasteiger partial charge in [0.15, 0.2) is 0 Å². The highest BCUT2D eigenvalue weighted by Gasteiger charge is 2.11. The van der Waals surface area contributed by atoms with Crippen molar-refractivity contribution in [2.75, 3.05) is 13.2 Å². The van der Waals surface area contributed by atoms with Gasteiger partial charge < -0.3 is 9.47 Å². The van der Waals surface area contributed by atoms with Crippen molar-refractivity contribution in [3.8, 4) is 11.5 Å². The van der Waals surface area contributed by atoms with Gasteiger partial charge in [0.2, 0.25) is 0 Å². The van der Waals surface area contributed by atoms with Gasteiger partial charge in [-0.3, -0.25) is 0 Å². The lowest BCUT2D eigenvalue weighted by atomic mass is 10.1. The first-order valence-electron chi connectivity index (χ1n) is 10.4. The first-order chi connectivity index (χ1) is 14.8. The number of ether oxygens (including phenoxy) is 2. The number of aryl methyl sites for hydroxylation is 2. The fraction of sp³-hybridized carbons (Fsp3) is 0.308. The van der Waals surface area contributed by atoms with Crippen molar-refractivity contribution in [2.45, 2.75) is 36.3 Å². The van der Waals surface area contributed by atoms with Gasteiger partial charge in [-0.1, -0.05) is 92.5 Å². The third-order valence-corrected chi connectivity index (χ3v) is 6.16. The maximum atomic E-state index is 6.12. The molecule has 0 fully saturated rings. The number of hydrogen-bond donors (Lipinski definition) is 0. The molecule has 0 bridgehead atoms. The van der Waals surface area contributed by atoms with E-state index >= 15 is 0 Å². The SMILES string of the molecule is BrCc1cc(OCCCc2ccccc2)c(CBr)cc1OCCCc1ccccc1. The Morgan fingerprint density at radius 2 is 0.967 bits per heavy atom. The van der Waals surface area contributed by atoms with Crippen LogP contribution in [0.5, 0.6) is 11.5 Å². The van der Waals surface area contributed by atoms with Crippen molar-refractivity contribution in [2.24, 2.45) is 0 Å². The number of hydrogen-bond acceptors (Lipinski definition) is 2. The van der Waals surface area contributed by atoms with Crippen LogP contribution < -0.4 is 9.47 Å². The van der Waals surface area contributed by atoms with Crippen LogP contribution in [0.2, 0.25) is 0 Å². The lowest BCUT2D eigenvalue weighted by molar-refractivity contribution is 0.299. The smallest absolute Gasteiger partial charge is 0.123 e. The first-order valence-corrected chi connectivity index (χ1v) is 12.7. The van der Waals surface area contributed by atoms with Crippen LogP contribution in [-0.2, 0) is 23.5 Å². The van der Waals surface area contributed by atoms with Crippen LogP contribution in [0, 0.1) is 0 Å². The standard InChI is InChI=1S/C26H28Br2O2/c27-19-23-18-26(30-16-8-14-22-11-5-2-6-12-22)24(20-28)17-25(23)29-15-7-13-21-9-3-1-4-10-21/h1-6,9-12,17-18H,7-8,13-16,19-20H2. The quantitative estimate of drug-likeness (QED) is 0.178. The molecule has 0 saturated heterocycles. The van der Waals surface area contributed by atoms with E-state index in [9.17, 15) is 0 Å². The van der Waals surface area contributed by atoms with Gasteiger partial charge in [-0.15, -0.1) is 0 Å². The highest BCUT2D eigenvalue weighted by molar-refractivity contribution is 9.08. The van der Waals surface area contributed by atoms with E-state index in [-0.39, 0.29) is 0 Å². The van der Waals surface area contributed by atoms with Gasteiger partial charge in [-0.2, -0.15) is 0 Å². The summed E-state index contributed by atoms with van der Waals surface area (Å²) in [6, 6.07) is 25.3. The van der Waals surface area contributed by atoms with E-state index in [0.717, 1.165) is 59.0 Å². The summed E-state index contributed by atoms with van der Waals surface area (Å²) in [7, 11) is 0. The van der Waals surface area contributed by atoms with E-state index in [1.807, 2.05) is 0 Å². The Balaban J connectivity index is 1.53. The lowest BCUT2D eigenvalue weighted by Crippen LogP contribution is -2.05. The van der Waals surface area contributed by atoms with Gasteiger partial charge in [0.05, 0.1) is 13.2 Å². The average molecular weight is 532 g/mol. The highest BCUT2D eigenvalue weighted by Crippen LogP contribution is 2.32. The van der Waals surface area contributed by atoms with Crippen molar-refractivity contribution in [3.05, 3.63) is 95.1 Å². The summed E-state index contributed by atoms with van der Waals surface area (Å²) in [6.07, 6.45) is 4.04. The molecule has 3 aromatic rings. The zero-order chi connectivity index (χ0) is 21.0. The molecule has 0 spiro atoms. The van der Waals surface area contributed by atoms with Gasteiger partial charge in [0.1, 0.15) is 11.5 Å². The van der Waals surface area contributed by atoms with E-state index < -0.39 is 0 Å². The molecule has 0 radical (unpaired) electrons. The fourth-order valence-electron chi connectivity index (χ4n) is 3.33. The second kappa shape index (κ2) is 12.8. The average Bonchev–Trinajstić information content (AvgIpc) is 2.81. The first kappa shape index (κ1) is 22.9. The number of benzene rings is 3. The van der Waals surface area contributed by atoms with E-state index in [1.165, 1.54) is 11.1 Å². The maximum Gasteiger partial charge on any atom is 0.123 e. The minimum atomic E-state index is 0.702. The normalized spacial score (nSPS) is 10.7.